The average Bonchev–Trinajstić information content (AvgIpc) is 2.25. The first kappa shape index (κ1) is 11.4. The molecule has 1 heterocycles. The van der Waals surface area contributed by atoms with E-state index in [4.69, 9.17) is 4.74 Å². The lowest BCUT2D eigenvalue weighted by Gasteiger charge is -2.48. The minimum absolute atomic E-state index is 0.130. The molecule has 90 valence electrons. The first-order valence-electron chi connectivity index (χ1n) is 5.35. The first-order valence-corrected chi connectivity index (χ1v) is 5.35. The molecule has 0 aromatic rings. The molecule has 2 rings (SSSR count). The van der Waals surface area contributed by atoms with Crippen molar-refractivity contribution >= 4 is 11.9 Å². The van der Waals surface area contributed by atoms with Crippen molar-refractivity contribution in [1.29, 1.82) is 0 Å². The number of carbonyl (C=O) groups excluding carboxylic acids is 1. The summed E-state index contributed by atoms with van der Waals surface area (Å²) in [6, 6.07) is 0. The van der Waals surface area contributed by atoms with Crippen molar-refractivity contribution in [2.24, 2.45) is 10.8 Å². The molecule has 0 spiro atoms. The smallest absolute Gasteiger partial charge is 0.324 e. The van der Waals surface area contributed by atoms with Crippen LogP contribution in [0.25, 0.3) is 0 Å². The maximum Gasteiger partial charge on any atom is 0.324 e. The van der Waals surface area contributed by atoms with E-state index >= 15 is 0 Å². The van der Waals surface area contributed by atoms with Crippen LogP contribution < -0.4 is 0 Å². The van der Waals surface area contributed by atoms with Gasteiger partial charge in [0.1, 0.15) is 5.60 Å². The van der Waals surface area contributed by atoms with Crippen molar-refractivity contribution in [3.05, 3.63) is 0 Å². The summed E-state index contributed by atoms with van der Waals surface area (Å²) in [5.74, 6) is -1.87. The summed E-state index contributed by atoms with van der Waals surface area (Å²) in [4.78, 5) is 23.3. The molecule has 2 bridgehead atoms. The first-order chi connectivity index (χ1) is 7.20. The predicted molar refractivity (Wildman–Crippen MR) is 53.6 cm³/mol. The summed E-state index contributed by atoms with van der Waals surface area (Å²) < 4.78 is 5.20. The molecule has 0 radical (unpaired) electrons. The standard InChI is InChI=1S/C11H16O5/c1-9(2)10(3)6(12)4-5-11(9,7(13)14)8(15)16-10/h6,12H,4-5H2,1-3H3,(H,13,14)/t6-,10+,11-/m0/s1. The number of carboxylic acid groups (broad SMARTS) is 1. The van der Waals surface area contributed by atoms with Crippen LogP contribution in [0, 0.1) is 10.8 Å². The zero-order chi connectivity index (χ0) is 12.4. The lowest BCUT2D eigenvalue weighted by molar-refractivity contribution is -0.171. The van der Waals surface area contributed by atoms with Gasteiger partial charge in [0.15, 0.2) is 5.41 Å². The molecule has 3 atom stereocenters. The van der Waals surface area contributed by atoms with Crippen LogP contribution in [-0.2, 0) is 14.3 Å². The average molecular weight is 228 g/mol. The summed E-state index contributed by atoms with van der Waals surface area (Å²) >= 11 is 0. The van der Waals surface area contributed by atoms with Crippen molar-refractivity contribution < 1.29 is 24.5 Å². The monoisotopic (exact) mass is 228 g/mol. The van der Waals surface area contributed by atoms with Crippen LogP contribution in [0.5, 0.6) is 0 Å². The molecule has 1 aliphatic heterocycles. The molecule has 0 aromatic carbocycles. The normalized spacial score (nSPS) is 45.2. The molecule has 2 fully saturated rings. The zero-order valence-corrected chi connectivity index (χ0v) is 9.61. The third kappa shape index (κ3) is 0.867. The second kappa shape index (κ2) is 2.77. The van der Waals surface area contributed by atoms with Gasteiger partial charge in [0, 0.05) is 5.41 Å². The van der Waals surface area contributed by atoms with Crippen LogP contribution in [0.2, 0.25) is 0 Å². The van der Waals surface area contributed by atoms with Crippen LogP contribution in [0.3, 0.4) is 0 Å². The number of carbonyl (C=O) groups is 2. The number of hydrogen-bond acceptors (Lipinski definition) is 4. The number of aliphatic hydroxyl groups excluding tert-OH is 1. The van der Waals surface area contributed by atoms with E-state index in [1.54, 1.807) is 20.8 Å². The van der Waals surface area contributed by atoms with Gasteiger partial charge in [-0.3, -0.25) is 9.59 Å². The molecule has 0 amide bonds. The number of ether oxygens (including phenoxy) is 1. The molecule has 2 N–H and O–H groups in total. The van der Waals surface area contributed by atoms with Gasteiger partial charge in [0.05, 0.1) is 6.10 Å². The highest BCUT2D eigenvalue weighted by Gasteiger charge is 2.76. The summed E-state index contributed by atoms with van der Waals surface area (Å²) in [5.41, 5.74) is -3.54. The van der Waals surface area contributed by atoms with Crippen molar-refractivity contribution in [1.82, 2.24) is 0 Å². The van der Waals surface area contributed by atoms with E-state index in [2.05, 4.69) is 0 Å². The Kier molecular flexibility index (Phi) is 1.97. The number of esters is 1. The lowest BCUT2D eigenvalue weighted by atomic mass is 9.53. The number of aliphatic hydroxyl groups is 1. The van der Waals surface area contributed by atoms with E-state index < -0.39 is 34.5 Å². The summed E-state index contributed by atoms with van der Waals surface area (Å²) in [7, 11) is 0. The van der Waals surface area contributed by atoms with Crippen LogP contribution in [0.15, 0.2) is 0 Å². The Balaban J connectivity index is 2.64. The molecule has 1 saturated heterocycles. The third-order valence-electron chi connectivity index (χ3n) is 4.75. The topological polar surface area (TPSA) is 83.8 Å². The van der Waals surface area contributed by atoms with Gasteiger partial charge < -0.3 is 14.9 Å². The second-order valence-electron chi connectivity index (χ2n) is 5.39. The Hall–Kier alpha value is -1.10. The highest BCUT2D eigenvalue weighted by molar-refractivity contribution is 6.02. The van der Waals surface area contributed by atoms with Crippen molar-refractivity contribution in [2.75, 3.05) is 0 Å². The second-order valence-corrected chi connectivity index (χ2v) is 5.39. The number of aliphatic carboxylic acids is 1. The van der Waals surface area contributed by atoms with Gasteiger partial charge >= 0.3 is 11.9 Å². The number of carboxylic acids is 1. The predicted octanol–water partition coefficient (Wildman–Crippen LogP) is 0.554. The van der Waals surface area contributed by atoms with Crippen LogP contribution in [0.1, 0.15) is 33.6 Å². The largest absolute Gasteiger partial charge is 0.480 e. The van der Waals surface area contributed by atoms with Crippen molar-refractivity contribution in [3.8, 4) is 0 Å². The molecule has 16 heavy (non-hydrogen) atoms. The summed E-state index contributed by atoms with van der Waals surface area (Å²) in [5, 5.41) is 19.3. The molecule has 0 unspecified atom stereocenters. The molecule has 1 aliphatic carbocycles. The Bertz CT molecular complexity index is 375. The highest BCUT2D eigenvalue weighted by Crippen LogP contribution is 2.62. The number of fused-ring (bicyclic) bond motifs is 2. The maximum atomic E-state index is 11.9. The lowest BCUT2D eigenvalue weighted by Crippen LogP contribution is -2.60. The number of hydrogen-bond donors (Lipinski definition) is 2. The van der Waals surface area contributed by atoms with Gasteiger partial charge in [-0.1, -0.05) is 13.8 Å². The minimum Gasteiger partial charge on any atom is -0.480 e. The molecule has 1 saturated carbocycles. The van der Waals surface area contributed by atoms with Gasteiger partial charge in [0.25, 0.3) is 0 Å². The maximum absolute atomic E-state index is 11.9. The fourth-order valence-electron chi connectivity index (χ4n) is 3.08. The molecule has 5 heteroatoms. The fourth-order valence-corrected chi connectivity index (χ4v) is 3.08. The molecule has 5 nitrogen and oxygen atoms in total. The molecular weight excluding hydrogens is 212 g/mol. The molecule has 2 aliphatic rings. The van der Waals surface area contributed by atoms with Crippen molar-refractivity contribution in [3.63, 3.8) is 0 Å². The quantitative estimate of drug-likeness (QED) is 0.506. The van der Waals surface area contributed by atoms with Gasteiger partial charge in [-0.2, -0.15) is 0 Å². The summed E-state index contributed by atoms with van der Waals surface area (Å²) in [6.07, 6.45) is -0.399. The Morgan fingerprint density at radius 1 is 1.44 bits per heavy atom. The molecule has 0 aromatic heterocycles. The number of rotatable bonds is 1. The van der Waals surface area contributed by atoms with Gasteiger partial charge in [-0.15, -0.1) is 0 Å². The Labute approximate surface area is 93.4 Å². The SMILES string of the molecule is CC1(C)[C@]2(C(=O)O)CC[C@H](O)[C@@]1(C)OC2=O. The van der Waals surface area contributed by atoms with E-state index in [1.165, 1.54) is 0 Å². The third-order valence-corrected chi connectivity index (χ3v) is 4.75. The summed E-state index contributed by atoms with van der Waals surface area (Å²) in [6.45, 7) is 4.96. The van der Waals surface area contributed by atoms with Gasteiger partial charge in [0.2, 0.25) is 0 Å². The Morgan fingerprint density at radius 3 is 2.50 bits per heavy atom. The van der Waals surface area contributed by atoms with E-state index in [0.717, 1.165) is 0 Å². The van der Waals surface area contributed by atoms with Crippen LogP contribution in [-0.4, -0.2) is 33.9 Å². The zero-order valence-electron chi connectivity index (χ0n) is 9.61. The van der Waals surface area contributed by atoms with Crippen LogP contribution in [0.4, 0.5) is 0 Å². The Morgan fingerprint density at radius 2 is 2.00 bits per heavy atom. The van der Waals surface area contributed by atoms with Gasteiger partial charge in [-0.25, -0.2) is 0 Å². The fraction of sp³-hybridized carbons (Fsp3) is 0.818. The van der Waals surface area contributed by atoms with Crippen LogP contribution >= 0.6 is 0 Å². The van der Waals surface area contributed by atoms with Crippen molar-refractivity contribution in [2.45, 2.75) is 45.3 Å². The highest BCUT2D eigenvalue weighted by atomic mass is 16.6. The van der Waals surface area contributed by atoms with E-state index in [-0.39, 0.29) is 12.8 Å². The van der Waals surface area contributed by atoms with Gasteiger partial charge in [-0.05, 0) is 19.8 Å². The minimum atomic E-state index is -1.51. The van der Waals surface area contributed by atoms with E-state index in [9.17, 15) is 19.8 Å². The van der Waals surface area contributed by atoms with E-state index in [0.29, 0.717) is 0 Å². The van der Waals surface area contributed by atoms with E-state index in [1.807, 2.05) is 0 Å². The molecular formula is C11H16O5.